The van der Waals surface area contributed by atoms with Crippen LogP contribution in [0.15, 0.2) is 0 Å². The van der Waals surface area contributed by atoms with E-state index in [0.717, 1.165) is 12.2 Å². The number of carboxylic acid groups (broad SMARTS) is 1. The summed E-state index contributed by atoms with van der Waals surface area (Å²) in [5, 5.41) is 10.6. The largest absolute Gasteiger partial charge is 0.490 e. The molecule has 1 atom stereocenters. The van der Waals surface area contributed by atoms with Gasteiger partial charge in [0, 0.05) is 0 Å². The van der Waals surface area contributed by atoms with Crippen molar-refractivity contribution in [2.45, 2.75) is 70.7 Å². The summed E-state index contributed by atoms with van der Waals surface area (Å²) < 4.78 is 43.8. The van der Waals surface area contributed by atoms with E-state index in [1.165, 1.54) is 32.4 Å². The zero-order valence-electron chi connectivity index (χ0n) is 14.7. The number of aliphatic carboxylic acids is 1. The Balaban J connectivity index is 0.000000351. The molecule has 0 saturated carbocycles. The van der Waals surface area contributed by atoms with Crippen LogP contribution >= 0.6 is 0 Å². The summed E-state index contributed by atoms with van der Waals surface area (Å²) in [5.41, 5.74) is -0.356. The maximum atomic E-state index is 10.6. The summed E-state index contributed by atoms with van der Waals surface area (Å²) in [4.78, 5) is 8.90. The zero-order valence-corrected chi connectivity index (χ0v) is 14.7. The number of alkyl halides is 3. The molecule has 2 heterocycles. The molecule has 0 radical (unpaired) electrons. The van der Waals surface area contributed by atoms with Crippen molar-refractivity contribution in [2.75, 3.05) is 13.1 Å². The molecule has 2 rings (SSSR count). The van der Waals surface area contributed by atoms with Crippen LogP contribution in [0.1, 0.15) is 47.0 Å². The van der Waals surface area contributed by atoms with E-state index >= 15 is 0 Å². The fourth-order valence-corrected chi connectivity index (χ4v) is 2.63. The van der Waals surface area contributed by atoms with Gasteiger partial charge in [-0.2, -0.15) is 13.2 Å². The molecular formula is C15H27BF3NO4. The molecule has 1 unspecified atom stereocenters. The van der Waals surface area contributed by atoms with Crippen molar-refractivity contribution in [3.8, 4) is 0 Å². The van der Waals surface area contributed by atoms with Crippen LogP contribution in [0.25, 0.3) is 0 Å². The Morgan fingerprint density at radius 1 is 1.25 bits per heavy atom. The Bertz CT molecular complexity index is 407. The first-order chi connectivity index (χ1) is 10.8. The third-order valence-corrected chi connectivity index (χ3v) is 4.75. The Kier molecular flexibility index (Phi) is 7.13. The van der Waals surface area contributed by atoms with Crippen LogP contribution in [0.2, 0.25) is 6.32 Å². The van der Waals surface area contributed by atoms with E-state index in [1.807, 2.05) is 0 Å². The number of piperidine rings is 1. The number of hydrogen-bond acceptors (Lipinski definition) is 4. The molecule has 9 heteroatoms. The first kappa shape index (κ1) is 21.2. The molecule has 24 heavy (non-hydrogen) atoms. The fraction of sp³-hybridized carbons (Fsp3) is 0.933. The number of halogens is 3. The van der Waals surface area contributed by atoms with Gasteiger partial charge in [-0.3, -0.25) is 0 Å². The summed E-state index contributed by atoms with van der Waals surface area (Å²) in [6, 6.07) is 0. The number of nitrogens with one attached hydrogen (secondary N) is 1. The summed E-state index contributed by atoms with van der Waals surface area (Å²) in [6.07, 6.45) is -0.177. The molecule has 5 nitrogen and oxygen atoms in total. The third kappa shape index (κ3) is 6.25. The average molecular weight is 353 g/mol. The molecule has 0 aromatic rings. The molecule has 2 aliphatic rings. The van der Waals surface area contributed by atoms with Gasteiger partial charge in [0.25, 0.3) is 0 Å². The van der Waals surface area contributed by atoms with Gasteiger partial charge in [0.2, 0.25) is 0 Å². The van der Waals surface area contributed by atoms with Gasteiger partial charge in [-0.1, -0.05) is 6.42 Å². The Hall–Kier alpha value is -0.795. The van der Waals surface area contributed by atoms with Crippen molar-refractivity contribution < 1.29 is 32.4 Å². The highest BCUT2D eigenvalue weighted by atomic mass is 19.4. The van der Waals surface area contributed by atoms with Crippen molar-refractivity contribution in [2.24, 2.45) is 5.92 Å². The van der Waals surface area contributed by atoms with E-state index in [9.17, 15) is 13.2 Å². The summed E-state index contributed by atoms with van der Waals surface area (Å²) in [5.74, 6) is -1.95. The van der Waals surface area contributed by atoms with E-state index in [4.69, 9.17) is 19.2 Å². The van der Waals surface area contributed by atoms with Gasteiger partial charge >= 0.3 is 19.3 Å². The van der Waals surface area contributed by atoms with E-state index < -0.39 is 12.1 Å². The quantitative estimate of drug-likeness (QED) is 0.764. The van der Waals surface area contributed by atoms with Crippen molar-refractivity contribution >= 4 is 13.1 Å². The zero-order chi connectivity index (χ0) is 18.6. The second-order valence-corrected chi connectivity index (χ2v) is 7.28. The highest BCUT2D eigenvalue weighted by molar-refractivity contribution is 6.45. The van der Waals surface area contributed by atoms with E-state index in [-0.39, 0.29) is 18.3 Å². The first-order valence-corrected chi connectivity index (χ1v) is 8.21. The van der Waals surface area contributed by atoms with Crippen molar-refractivity contribution in [3.05, 3.63) is 0 Å². The van der Waals surface area contributed by atoms with Gasteiger partial charge in [0.15, 0.2) is 0 Å². The van der Waals surface area contributed by atoms with Gasteiger partial charge in [-0.25, -0.2) is 4.79 Å². The second kappa shape index (κ2) is 8.06. The van der Waals surface area contributed by atoms with E-state index in [2.05, 4.69) is 33.0 Å². The van der Waals surface area contributed by atoms with Crippen LogP contribution in [-0.2, 0) is 14.1 Å². The number of carbonyl (C=O) groups is 1. The molecule has 2 N–H and O–H groups in total. The van der Waals surface area contributed by atoms with Crippen LogP contribution in [-0.4, -0.2) is 48.7 Å². The fourth-order valence-electron chi connectivity index (χ4n) is 2.63. The smallest absolute Gasteiger partial charge is 0.475 e. The number of rotatable bonds is 3. The minimum absolute atomic E-state index is 0.0121. The van der Waals surface area contributed by atoms with Crippen molar-refractivity contribution in [1.82, 2.24) is 5.32 Å². The maximum absolute atomic E-state index is 10.6. The predicted octanol–water partition coefficient (Wildman–Crippen LogP) is 3.10. The van der Waals surface area contributed by atoms with Crippen LogP contribution in [0.4, 0.5) is 13.2 Å². The van der Waals surface area contributed by atoms with Gasteiger partial charge in [0.05, 0.1) is 11.2 Å². The van der Waals surface area contributed by atoms with Crippen LogP contribution in [0.3, 0.4) is 0 Å². The molecule has 2 saturated heterocycles. The lowest BCUT2D eigenvalue weighted by Gasteiger charge is -2.32. The predicted molar refractivity (Wildman–Crippen MR) is 84.8 cm³/mol. The minimum atomic E-state index is -5.08. The topological polar surface area (TPSA) is 67.8 Å². The van der Waals surface area contributed by atoms with Crippen LogP contribution in [0.5, 0.6) is 0 Å². The monoisotopic (exact) mass is 353 g/mol. The molecule has 140 valence electrons. The molecule has 0 aromatic carbocycles. The Morgan fingerprint density at radius 3 is 2.12 bits per heavy atom. The molecular weight excluding hydrogens is 326 g/mol. The highest BCUT2D eigenvalue weighted by Crippen LogP contribution is 2.38. The van der Waals surface area contributed by atoms with Gasteiger partial charge in [-0.15, -0.1) is 0 Å². The van der Waals surface area contributed by atoms with Crippen molar-refractivity contribution in [3.63, 3.8) is 0 Å². The van der Waals surface area contributed by atoms with E-state index in [0.29, 0.717) is 0 Å². The van der Waals surface area contributed by atoms with Gasteiger partial charge in [0.1, 0.15) is 0 Å². The van der Waals surface area contributed by atoms with E-state index in [1.54, 1.807) is 0 Å². The number of carboxylic acids is 1. The Labute approximate surface area is 141 Å². The second-order valence-electron chi connectivity index (χ2n) is 7.28. The van der Waals surface area contributed by atoms with Gasteiger partial charge < -0.3 is 19.7 Å². The normalized spacial score (nSPS) is 25.8. The number of hydrogen-bond donors (Lipinski definition) is 2. The first-order valence-electron chi connectivity index (χ1n) is 8.21. The van der Waals surface area contributed by atoms with Crippen molar-refractivity contribution in [1.29, 1.82) is 0 Å². The SMILES string of the molecule is CC1(C)OB(CCC2CCCNC2)OC1(C)C.O=C(O)C(F)(F)F. The Morgan fingerprint density at radius 2 is 1.75 bits per heavy atom. The third-order valence-electron chi connectivity index (χ3n) is 4.75. The minimum Gasteiger partial charge on any atom is -0.475 e. The summed E-state index contributed by atoms with van der Waals surface area (Å²) in [7, 11) is -0.0121. The average Bonchev–Trinajstić information content (AvgIpc) is 2.65. The lowest BCUT2D eigenvalue weighted by Crippen LogP contribution is -2.41. The lowest BCUT2D eigenvalue weighted by molar-refractivity contribution is -0.192. The molecule has 2 fully saturated rings. The molecule has 0 aliphatic carbocycles. The molecule has 2 aliphatic heterocycles. The maximum Gasteiger partial charge on any atom is 0.490 e. The van der Waals surface area contributed by atoms with Crippen LogP contribution in [0, 0.1) is 5.92 Å². The molecule has 0 spiro atoms. The molecule has 0 aromatic heterocycles. The standard InChI is InChI=1S/C13H26BNO2.C2HF3O2/c1-12(2)13(3,4)17-14(16-12)8-7-11-6-5-9-15-10-11;3-2(4,5)1(6)7/h11,15H,5-10H2,1-4H3;(H,6,7). The van der Waals surface area contributed by atoms with Gasteiger partial charge in [-0.05, 0) is 65.9 Å². The summed E-state index contributed by atoms with van der Waals surface area (Å²) in [6.45, 7) is 10.8. The lowest BCUT2D eigenvalue weighted by atomic mass is 9.78. The molecule has 0 bridgehead atoms. The van der Waals surface area contributed by atoms with Crippen LogP contribution < -0.4 is 5.32 Å². The highest BCUT2D eigenvalue weighted by Gasteiger charge is 2.50. The summed E-state index contributed by atoms with van der Waals surface area (Å²) >= 11 is 0. The molecule has 0 amide bonds.